The molecule has 132 valence electrons. The molecule has 25 heavy (non-hydrogen) atoms. The average molecular weight is 361 g/mol. The number of carbonyl (C=O) groups excluding carboxylic acids is 2. The van der Waals surface area contributed by atoms with Gasteiger partial charge in [0.1, 0.15) is 5.75 Å². The van der Waals surface area contributed by atoms with E-state index in [9.17, 15) is 9.59 Å². The standard InChI is InChI=1S/C19H21ClN2O3/c1-13-6-4-5-7-16(13)21-19(24)10-11-22(14(2)23)17-12-15(20)8-9-18(17)25-3/h4-9,12H,10-11H2,1-3H3,(H,21,24). The van der Waals surface area contributed by atoms with Crippen LogP contribution in [0.25, 0.3) is 0 Å². The minimum atomic E-state index is -0.191. The highest BCUT2D eigenvalue weighted by Crippen LogP contribution is 2.31. The summed E-state index contributed by atoms with van der Waals surface area (Å²) in [4.78, 5) is 25.8. The molecule has 2 amide bonds. The van der Waals surface area contributed by atoms with E-state index in [0.717, 1.165) is 11.3 Å². The number of rotatable bonds is 6. The van der Waals surface area contributed by atoms with Gasteiger partial charge >= 0.3 is 0 Å². The Hall–Kier alpha value is -2.53. The van der Waals surface area contributed by atoms with Crippen LogP contribution in [0.5, 0.6) is 5.75 Å². The summed E-state index contributed by atoms with van der Waals surface area (Å²) in [6.45, 7) is 3.59. The molecule has 0 atom stereocenters. The van der Waals surface area contributed by atoms with Gasteiger partial charge in [0.05, 0.1) is 12.8 Å². The zero-order valence-electron chi connectivity index (χ0n) is 14.5. The molecule has 1 N–H and O–H groups in total. The third-order valence-electron chi connectivity index (χ3n) is 3.79. The fourth-order valence-electron chi connectivity index (χ4n) is 2.46. The second-order valence-corrected chi connectivity index (χ2v) is 6.04. The smallest absolute Gasteiger partial charge is 0.226 e. The van der Waals surface area contributed by atoms with E-state index < -0.39 is 0 Å². The third kappa shape index (κ3) is 4.97. The summed E-state index contributed by atoms with van der Waals surface area (Å²) in [7, 11) is 1.52. The molecule has 2 aromatic carbocycles. The number of nitrogens with zero attached hydrogens (tertiary/aromatic N) is 1. The van der Waals surface area contributed by atoms with Crippen molar-refractivity contribution in [3.05, 3.63) is 53.1 Å². The van der Waals surface area contributed by atoms with Crippen molar-refractivity contribution < 1.29 is 14.3 Å². The molecule has 0 radical (unpaired) electrons. The summed E-state index contributed by atoms with van der Waals surface area (Å²) in [5.74, 6) is 0.171. The van der Waals surface area contributed by atoms with Crippen LogP contribution in [0.15, 0.2) is 42.5 Å². The van der Waals surface area contributed by atoms with Crippen LogP contribution >= 0.6 is 11.6 Å². The number of halogens is 1. The van der Waals surface area contributed by atoms with Crippen LogP contribution in [0, 0.1) is 6.92 Å². The van der Waals surface area contributed by atoms with Crippen molar-refractivity contribution in [3.63, 3.8) is 0 Å². The first-order valence-corrected chi connectivity index (χ1v) is 8.27. The van der Waals surface area contributed by atoms with Crippen molar-refractivity contribution in [2.75, 3.05) is 23.9 Å². The van der Waals surface area contributed by atoms with Crippen molar-refractivity contribution in [2.24, 2.45) is 0 Å². The monoisotopic (exact) mass is 360 g/mol. The first kappa shape index (κ1) is 18.8. The summed E-state index contributed by atoms with van der Waals surface area (Å²) >= 11 is 6.04. The van der Waals surface area contributed by atoms with Gasteiger partial charge in [-0.1, -0.05) is 29.8 Å². The maximum absolute atomic E-state index is 12.2. The minimum Gasteiger partial charge on any atom is -0.495 e. The molecule has 0 aromatic heterocycles. The minimum absolute atomic E-state index is 0.156. The first-order chi connectivity index (χ1) is 11.9. The Morgan fingerprint density at radius 2 is 1.92 bits per heavy atom. The van der Waals surface area contributed by atoms with E-state index in [-0.39, 0.29) is 24.8 Å². The van der Waals surface area contributed by atoms with Crippen molar-refractivity contribution in [2.45, 2.75) is 20.3 Å². The van der Waals surface area contributed by atoms with E-state index in [1.165, 1.54) is 18.9 Å². The second-order valence-electron chi connectivity index (χ2n) is 5.60. The molecular weight excluding hydrogens is 340 g/mol. The van der Waals surface area contributed by atoms with E-state index in [1.807, 2.05) is 31.2 Å². The highest BCUT2D eigenvalue weighted by Gasteiger charge is 2.18. The van der Waals surface area contributed by atoms with Crippen molar-refractivity contribution >= 4 is 34.8 Å². The second kappa shape index (κ2) is 8.53. The lowest BCUT2D eigenvalue weighted by molar-refractivity contribution is -0.117. The summed E-state index contributed by atoms with van der Waals surface area (Å²) in [6, 6.07) is 12.6. The highest BCUT2D eigenvalue weighted by atomic mass is 35.5. The van der Waals surface area contributed by atoms with Gasteiger partial charge in [-0.2, -0.15) is 0 Å². The van der Waals surface area contributed by atoms with Crippen LogP contribution < -0.4 is 15.0 Å². The van der Waals surface area contributed by atoms with Crippen LogP contribution in [-0.4, -0.2) is 25.5 Å². The van der Waals surface area contributed by atoms with Crippen LogP contribution in [0.3, 0.4) is 0 Å². The molecule has 0 saturated heterocycles. The van der Waals surface area contributed by atoms with Crippen LogP contribution in [0.1, 0.15) is 18.9 Å². The number of anilines is 2. The molecule has 0 aliphatic carbocycles. The summed E-state index contributed by atoms with van der Waals surface area (Å²) in [5, 5.41) is 3.35. The average Bonchev–Trinajstić information content (AvgIpc) is 2.57. The summed E-state index contributed by atoms with van der Waals surface area (Å²) < 4.78 is 5.30. The lowest BCUT2D eigenvalue weighted by Crippen LogP contribution is -2.32. The van der Waals surface area contributed by atoms with Gasteiger partial charge in [-0.05, 0) is 36.8 Å². The van der Waals surface area contributed by atoms with Crippen molar-refractivity contribution in [1.29, 1.82) is 0 Å². The van der Waals surface area contributed by atoms with E-state index in [4.69, 9.17) is 16.3 Å². The van der Waals surface area contributed by atoms with Crippen molar-refractivity contribution in [1.82, 2.24) is 0 Å². The number of benzene rings is 2. The lowest BCUT2D eigenvalue weighted by Gasteiger charge is -2.23. The van der Waals surface area contributed by atoms with E-state index in [2.05, 4.69) is 5.32 Å². The molecular formula is C19H21ClN2O3. The maximum Gasteiger partial charge on any atom is 0.226 e. The van der Waals surface area contributed by atoms with Gasteiger partial charge in [0, 0.05) is 30.6 Å². The maximum atomic E-state index is 12.2. The molecule has 0 spiro atoms. The molecule has 0 heterocycles. The fourth-order valence-corrected chi connectivity index (χ4v) is 2.63. The van der Waals surface area contributed by atoms with Gasteiger partial charge in [-0.3, -0.25) is 9.59 Å². The van der Waals surface area contributed by atoms with E-state index in [0.29, 0.717) is 16.5 Å². The number of aryl methyl sites for hydroxylation is 1. The molecule has 0 saturated carbocycles. The predicted molar refractivity (Wildman–Crippen MR) is 100 cm³/mol. The summed E-state index contributed by atoms with van der Waals surface area (Å²) in [5.41, 5.74) is 2.30. The van der Waals surface area contributed by atoms with Gasteiger partial charge in [-0.25, -0.2) is 0 Å². The van der Waals surface area contributed by atoms with Gasteiger partial charge in [0.15, 0.2) is 0 Å². The molecule has 0 bridgehead atoms. The fraction of sp³-hybridized carbons (Fsp3) is 0.263. The Balaban J connectivity index is 2.10. The zero-order valence-corrected chi connectivity index (χ0v) is 15.3. The zero-order chi connectivity index (χ0) is 18.4. The largest absolute Gasteiger partial charge is 0.495 e. The first-order valence-electron chi connectivity index (χ1n) is 7.89. The molecule has 5 nitrogen and oxygen atoms in total. The number of ether oxygens (including phenoxy) is 1. The quantitative estimate of drug-likeness (QED) is 0.845. The number of methoxy groups -OCH3 is 1. The van der Waals surface area contributed by atoms with Gasteiger partial charge in [-0.15, -0.1) is 0 Å². The van der Waals surface area contributed by atoms with Crippen LogP contribution in [0.4, 0.5) is 11.4 Å². The lowest BCUT2D eigenvalue weighted by atomic mass is 10.2. The Morgan fingerprint density at radius 1 is 1.20 bits per heavy atom. The number of hydrogen-bond acceptors (Lipinski definition) is 3. The third-order valence-corrected chi connectivity index (χ3v) is 4.03. The highest BCUT2D eigenvalue weighted by molar-refractivity contribution is 6.31. The predicted octanol–water partition coefficient (Wildman–Crippen LogP) is 4.04. The van der Waals surface area contributed by atoms with E-state index >= 15 is 0 Å². The molecule has 0 aliphatic heterocycles. The Labute approximate surface area is 152 Å². The van der Waals surface area contributed by atoms with Gasteiger partial charge in [0.25, 0.3) is 0 Å². The molecule has 0 fully saturated rings. The Bertz CT molecular complexity index is 777. The van der Waals surface area contributed by atoms with Crippen molar-refractivity contribution in [3.8, 4) is 5.75 Å². The van der Waals surface area contributed by atoms with Crippen LogP contribution in [-0.2, 0) is 9.59 Å². The van der Waals surface area contributed by atoms with Gasteiger partial charge < -0.3 is 15.0 Å². The number of nitrogens with one attached hydrogen (secondary N) is 1. The number of hydrogen-bond donors (Lipinski definition) is 1. The molecule has 0 unspecified atom stereocenters. The number of carbonyl (C=O) groups is 2. The SMILES string of the molecule is COc1ccc(Cl)cc1N(CCC(=O)Nc1ccccc1C)C(C)=O. The molecule has 6 heteroatoms. The Morgan fingerprint density at radius 3 is 2.56 bits per heavy atom. The number of amides is 2. The normalized spacial score (nSPS) is 10.2. The number of para-hydroxylation sites is 1. The molecule has 2 rings (SSSR count). The summed E-state index contributed by atoms with van der Waals surface area (Å²) in [6.07, 6.45) is 0.156. The van der Waals surface area contributed by atoms with Gasteiger partial charge in [0.2, 0.25) is 11.8 Å². The molecule has 0 aliphatic rings. The van der Waals surface area contributed by atoms with Crippen LogP contribution in [0.2, 0.25) is 5.02 Å². The Kier molecular flexibility index (Phi) is 6.42. The molecule has 2 aromatic rings. The van der Waals surface area contributed by atoms with E-state index in [1.54, 1.807) is 18.2 Å². The topological polar surface area (TPSA) is 58.6 Å².